The van der Waals surface area contributed by atoms with Crippen molar-refractivity contribution in [1.29, 1.82) is 0 Å². The Labute approximate surface area is 174 Å². The zero-order valence-electron chi connectivity index (χ0n) is 15.6. The number of benzene rings is 2. The van der Waals surface area contributed by atoms with Gasteiger partial charge in [0.2, 0.25) is 0 Å². The van der Waals surface area contributed by atoms with Crippen molar-refractivity contribution in [2.45, 2.75) is 19.6 Å². The standard InChI is InChI=1S/C20H16ClF3N4O2/c1-12-17(25-11-28(12)10-13-2-8-16(21)9-3-13)19(30)27-26-18(29)14-4-6-15(7-5-14)20(22,23)24/h2-9,11H,10H2,1H3,(H,26,29)(H,27,30). The first-order valence-electron chi connectivity index (χ1n) is 8.69. The van der Waals surface area contributed by atoms with Gasteiger partial charge in [0.1, 0.15) is 0 Å². The van der Waals surface area contributed by atoms with Crippen LogP contribution in [0.5, 0.6) is 0 Å². The van der Waals surface area contributed by atoms with E-state index in [0.717, 1.165) is 29.8 Å². The van der Waals surface area contributed by atoms with Gasteiger partial charge >= 0.3 is 6.18 Å². The molecule has 0 unspecified atom stereocenters. The minimum atomic E-state index is -4.49. The Kier molecular flexibility index (Phi) is 6.12. The second kappa shape index (κ2) is 8.58. The third-order valence-electron chi connectivity index (χ3n) is 4.34. The van der Waals surface area contributed by atoms with Crippen LogP contribution >= 0.6 is 11.6 Å². The Morgan fingerprint density at radius 1 is 1.00 bits per heavy atom. The van der Waals surface area contributed by atoms with Crippen molar-refractivity contribution in [2.24, 2.45) is 0 Å². The minimum absolute atomic E-state index is 0.0340. The van der Waals surface area contributed by atoms with Crippen LogP contribution in [0.2, 0.25) is 5.02 Å². The zero-order chi connectivity index (χ0) is 21.9. The molecule has 0 radical (unpaired) electrons. The highest BCUT2D eigenvalue weighted by atomic mass is 35.5. The van der Waals surface area contributed by atoms with Crippen molar-refractivity contribution in [3.8, 4) is 0 Å². The van der Waals surface area contributed by atoms with Crippen LogP contribution in [-0.2, 0) is 12.7 Å². The Morgan fingerprint density at radius 3 is 2.20 bits per heavy atom. The lowest BCUT2D eigenvalue weighted by atomic mass is 10.1. The molecule has 2 aromatic carbocycles. The summed E-state index contributed by atoms with van der Waals surface area (Å²) in [4.78, 5) is 28.5. The smallest absolute Gasteiger partial charge is 0.330 e. The van der Waals surface area contributed by atoms with Crippen LogP contribution in [0.25, 0.3) is 0 Å². The van der Waals surface area contributed by atoms with Crippen LogP contribution in [0.3, 0.4) is 0 Å². The quantitative estimate of drug-likeness (QED) is 0.607. The molecule has 0 aliphatic carbocycles. The monoisotopic (exact) mass is 436 g/mol. The van der Waals surface area contributed by atoms with Crippen molar-refractivity contribution in [2.75, 3.05) is 0 Å². The van der Waals surface area contributed by atoms with Crippen molar-refractivity contribution in [3.05, 3.63) is 88.0 Å². The Hall–Kier alpha value is -3.33. The number of hydrogen-bond acceptors (Lipinski definition) is 3. The van der Waals surface area contributed by atoms with Crippen molar-refractivity contribution in [1.82, 2.24) is 20.4 Å². The minimum Gasteiger partial charge on any atom is -0.330 e. The summed E-state index contributed by atoms with van der Waals surface area (Å²) >= 11 is 5.87. The topological polar surface area (TPSA) is 76.0 Å². The number of hydrogen-bond donors (Lipinski definition) is 2. The lowest BCUT2D eigenvalue weighted by Gasteiger charge is -2.09. The maximum atomic E-state index is 12.6. The Morgan fingerprint density at radius 2 is 1.60 bits per heavy atom. The molecule has 156 valence electrons. The van der Waals surface area contributed by atoms with Crippen LogP contribution in [0, 0.1) is 6.92 Å². The summed E-state index contributed by atoms with van der Waals surface area (Å²) in [5.41, 5.74) is 5.12. The lowest BCUT2D eigenvalue weighted by molar-refractivity contribution is -0.137. The molecule has 0 saturated heterocycles. The number of halogens is 4. The predicted octanol–water partition coefficient (Wildman–Crippen LogP) is 3.99. The molecule has 1 aromatic heterocycles. The number of hydrazine groups is 1. The average Bonchev–Trinajstić information content (AvgIpc) is 3.07. The molecular weight excluding hydrogens is 421 g/mol. The molecule has 0 aliphatic rings. The number of nitrogens with zero attached hydrogens (tertiary/aromatic N) is 2. The van der Waals surface area contributed by atoms with E-state index in [0.29, 0.717) is 17.3 Å². The maximum Gasteiger partial charge on any atom is 0.416 e. The Bertz CT molecular complexity index is 1060. The molecule has 0 bridgehead atoms. The number of carbonyl (C=O) groups is 2. The van der Waals surface area contributed by atoms with E-state index < -0.39 is 23.6 Å². The number of rotatable bonds is 4. The first kappa shape index (κ1) is 21.4. The number of alkyl halides is 3. The molecule has 0 atom stereocenters. The van der Waals surface area contributed by atoms with Crippen LogP contribution in [0.1, 0.15) is 37.7 Å². The van der Waals surface area contributed by atoms with Gasteiger partial charge in [-0.1, -0.05) is 23.7 Å². The largest absolute Gasteiger partial charge is 0.416 e. The third-order valence-corrected chi connectivity index (χ3v) is 4.60. The third kappa shape index (κ3) is 4.98. The lowest BCUT2D eigenvalue weighted by Crippen LogP contribution is -2.42. The maximum absolute atomic E-state index is 12.6. The summed E-state index contributed by atoms with van der Waals surface area (Å²) in [6.07, 6.45) is -3.00. The molecule has 6 nitrogen and oxygen atoms in total. The summed E-state index contributed by atoms with van der Waals surface area (Å²) in [5, 5.41) is 0.616. The number of imidazole rings is 1. The van der Waals surface area contributed by atoms with Gasteiger partial charge in [-0.25, -0.2) is 4.98 Å². The van der Waals surface area contributed by atoms with Gasteiger partial charge in [-0.05, 0) is 48.9 Å². The van der Waals surface area contributed by atoms with E-state index in [1.54, 1.807) is 23.6 Å². The molecule has 3 aromatic rings. The van der Waals surface area contributed by atoms with Gasteiger partial charge in [0.25, 0.3) is 11.8 Å². The van der Waals surface area contributed by atoms with Gasteiger partial charge < -0.3 is 4.57 Å². The second-order valence-corrected chi connectivity index (χ2v) is 6.85. The average molecular weight is 437 g/mol. The molecule has 3 rings (SSSR count). The van der Waals surface area contributed by atoms with Crippen LogP contribution in [-0.4, -0.2) is 21.4 Å². The molecule has 0 saturated carbocycles. The van der Waals surface area contributed by atoms with E-state index in [2.05, 4.69) is 15.8 Å². The van der Waals surface area contributed by atoms with Gasteiger partial charge in [0.15, 0.2) is 5.69 Å². The highest BCUT2D eigenvalue weighted by Crippen LogP contribution is 2.29. The molecule has 0 spiro atoms. The molecule has 2 N–H and O–H groups in total. The highest BCUT2D eigenvalue weighted by Gasteiger charge is 2.30. The number of nitrogens with one attached hydrogen (secondary N) is 2. The summed E-state index contributed by atoms with van der Waals surface area (Å²) in [6, 6.07) is 10.9. The first-order chi connectivity index (χ1) is 14.1. The van der Waals surface area contributed by atoms with Gasteiger partial charge in [0, 0.05) is 22.8 Å². The van der Waals surface area contributed by atoms with E-state index in [9.17, 15) is 22.8 Å². The van der Waals surface area contributed by atoms with Crippen molar-refractivity contribution in [3.63, 3.8) is 0 Å². The van der Waals surface area contributed by atoms with E-state index >= 15 is 0 Å². The van der Waals surface area contributed by atoms with E-state index in [4.69, 9.17) is 11.6 Å². The fraction of sp³-hybridized carbons (Fsp3) is 0.150. The summed E-state index contributed by atoms with van der Waals surface area (Å²) in [5.74, 6) is -1.40. The van der Waals surface area contributed by atoms with Crippen molar-refractivity contribution >= 4 is 23.4 Å². The fourth-order valence-corrected chi connectivity index (χ4v) is 2.79. The second-order valence-electron chi connectivity index (χ2n) is 6.42. The molecule has 0 aliphatic heterocycles. The molecular formula is C20H16ClF3N4O2. The number of carbonyl (C=O) groups excluding carboxylic acids is 2. The molecule has 30 heavy (non-hydrogen) atoms. The molecule has 1 heterocycles. The predicted molar refractivity (Wildman–Crippen MR) is 104 cm³/mol. The first-order valence-corrected chi connectivity index (χ1v) is 9.07. The summed E-state index contributed by atoms with van der Waals surface area (Å²) in [6.45, 7) is 2.18. The molecule has 2 amide bonds. The van der Waals surface area contributed by atoms with E-state index in [-0.39, 0.29) is 11.3 Å². The van der Waals surface area contributed by atoms with Crippen molar-refractivity contribution < 1.29 is 22.8 Å². The van der Waals surface area contributed by atoms with Crippen LogP contribution in [0.4, 0.5) is 13.2 Å². The van der Waals surface area contributed by atoms with Crippen LogP contribution < -0.4 is 10.9 Å². The normalized spacial score (nSPS) is 11.2. The SMILES string of the molecule is Cc1c(C(=O)NNC(=O)c2ccc(C(F)(F)F)cc2)ncn1Cc1ccc(Cl)cc1. The van der Waals surface area contributed by atoms with Gasteiger partial charge in [-0.2, -0.15) is 13.2 Å². The fourth-order valence-electron chi connectivity index (χ4n) is 2.67. The summed E-state index contributed by atoms with van der Waals surface area (Å²) in [7, 11) is 0. The zero-order valence-corrected chi connectivity index (χ0v) is 16.4. The van der Waals surface area contributed by atoms with Gasteiger partial charge in [0.05, 0.1) is 11.9 Å². The van der Waals surface area contributed by atoms with Gasteiger partial charge in [-0.15, -0.1) is 0 Å². The van der Waals surface area contributed by atoms with E-state index in [1.165, 1.54) is 6.33 Å². The van der Waals surface area contributed by atoms with Gasteiger partial charge in [-0.3, -0.25) is 20.4 Å². The van der Waals surface area contributed by atoms with Crippen LogP contribution in [0.15, 0.2) is 54.9 Å². The van der Waals surface area contributed by atoms with E-state index in [1.807, 2.05) is 12.1 Å². The molecule has 10 heteroatoms. The Balaban J connectivity index is 1.61. The molecule has 0 fully saturated rings. The summed E-state index contributed by atoms with van der Waals surface area (Å²) < 4.78 is 39.5. The highest BCUT2D eigenvalue weighted by molar-refractivity contribution is 6.30. The number of aromatic nitrogens is 2. The number of amides is 2.